The maximum absolute atomic E-state index is 3.73. The lowest BCUT2D eigenvalue weighted by atomic mass is 9.73. The van der Waals surface area contributed by atoms with Gasteiger partial charge in [0, 0.05) is 17.0 Å². The first kappa shape index (κ1) is 15.1. The third kappa shape index (κ3) is 3.00. The normalized spacial score (nSPS) is 20.2. The van der Waals surface area contributed by atoms with E-state index in [4.69, 9.17) is 0 Å². The minimum Gasteiger partial charge on any atom is -0.306 e. The molecule has 0 spiro atoms. The van der Waals surface area contributed by atoms with Crippen molar-refractivity contribution in [1.82, 2.24) is 5.32 Å². The fraction of sp³-hybridized carbons (Fsp3) is 0.333. The first-order valence-electron chi connectivity index (χ1n) is 8.08. The minimum absolute atomic E-state index is 0.0224. The van der Waals surface area contributed by atoms with Crippen molar-refractivity contribution in [3.05, 3.63) is 83.9 Å². The van der Waals surface area contributed by atoms with Gasteiger partial charge in [0.1, 0.15) is 0 Å². The topological polar surface area (TPSA) is 12.0 Å². The number of hydrogen-bond donors (Lipinski definition) is 1. The highest BCUT2D eigenvalue weighted by Crippen LogP contribution is 2.42. The maximum atomic E-state index is 3.73. The van der Waals surface area contributed by atoms with Crippen molar-refractivity contribution in [2.24, 2.45) is 0 Å². The monoisotopic (exact) mass is 291 g/mol. The molecule has 0 saturated heterocycles. The highest BCUT2D eigenvalue weighted by atomic mass is 15.0. The third-order valence-electron chi connectivity index (χ3n) is 4.35. The van der Waals surface area contributed by atoms with Crippen molar-refractivity contribution >= 4 is 0 Å². The van der Waals surface area contributed by atoms with Crippen molar-refractivity contribution < 1.29 is 0 Å². The van der Waals surface area contributed by atoms with Gasteiger partial charge in [-0.05, 0) is 38.3 Å². The Bertz CT molecular complexity index is 595. The second-order valence-corrected chi connectivity index (χ2v) is 7.27. The quantitative estimate of drug-likeness (QED) is 0.809. The van der Waals surface area contributed by atoms with E-state index < -0.39 is 0 Å². The zero-order valence-electron chi connectivity index (χ0n) is 13.7. The zero-order valence-corrected chi connectivity index (χ0v) is 13.7. The Kier molecular flexibility index (Phi) is 3.92. The molecule has 2 aromatic carbocycles. The second kappa shape index (κ2) is 5.73. The Morgan fingerprint density at radius 3 is 1.82 bits per heavy atom. The number of nitrogens with one attached hydrogen (secondary N) is 1. The Morgan fingerprint density at radius 1 is 0.864 bits per heavy atom. The van der Waals surface area contributed by atoms with E-state index in [0.29, 0.717) is 6.04 Å². The fourth-order valence-electron chi connectivity index (χ4n) is 3.48. The molecule has 0 fully saturated rings. The molecular weight excluding hydrogens is 266 g/mol. The number of hydrogen-bond acceptors (Lipinski definition) is 1. The van der Waals surface area contributed by atoms with E-state index in [-0.39, 0.29) is 11.0 Å². The summed E-state index contributed by atoms with van der Waals surface area (Å²) < 4.78 is 0. The van der Waals surface area contributed by atoms with Gasteiger partial charge in [-0.25, -0.2) is 0 Å². The molecule has 0 aliphatic heterocycles. The average molecular weight is 291 g/mol. The highest BCUT2D eigenvalue weighted by molar-refractivity contribution is 5.47. The van der Waals surface area contributed by atoms with E-state index in [1.165, 1.54) is 11.1 Å². The molecule has 1 N–H and O–H groups in total. The second-order valence-electron chi connectivity index (χ2n) is 7.27. The Morgan fingerprint density at radius 2 is 1.36 bits per heavy atom. The van der Waals surface area contributed by atoms with Gasteiger partial charge < -0.3 is 5.32 Å². The van der Waals surface area contributed by atoms with Crippen LogP contribution in [0.25, 0.3) is 0 Å². The van der Waals surface area contributed by atoms with Gasteiger partial charge in [0.15, 0.2) is 0 Å². The molecule has 0 amide bonds. The summed E-state index contributed by atoms with van der Waals surface area (Å²) in [7, 11) is 0. The summed E-state index contributed by atoms with van der Waals surface area (Å²) in [5.74, 6) is 0. The van der Waals surface area contributed by atoms with Crippen molar-refractivity contribution in [2.45, 2.75) is 44.2 Å². The van der Waals surface area contributed by atoms with Crippen LogP contribution in [0.15, 0.2) is 72.8 Å². The lowest BCUT2D eigenvalue weighted by Crippen LogP contribution is -2.43. The molecule has 114 valence electrons. The van der Waals surface area contributed by atoms with Gasteiger partial charge >= 0.3 is 0 Å². The van der Waals surface area contributed by atoms with Gasteiger partial charge in [-0.1, -0.05) is 72.8 Å². The van der Waals surface area contributed by atoms with Crippen LogP contribution in [0.5, 0.6) is 0 Å². The molecule has 0 bridgehead atoms. The molecule has 0 heterocycles. The molecule has 1 nitrogen and oxygen atoms in total. The van der Waals surface area contributed by atoms with Crippen molar-refractivity contribution in [1.29, 1.82) is 0 Å². The van der Waals surface area contributed by atoms with Gasteiger partial charge in [0.25, 0.3) is 0 Å². The van der Waals surface area contributed by atoms with E-state index in [0.717, 1.165) is 6.42 Å². The smallest absolute Gasteiger partial charge is 0.0400 e. The van der Waals surface area contributed by atoms with Crippen molar-refractivity contribution in [2.75, 3.05) is 0 Å². The first-order chi connectivity index (χ1) is 10.5. The summed E-state index contributed by atoms with van der Waals surface area (Å²) in [6, 6.07) is 22.1. The van der Waals surface area contributed by atoms with Crippen molar-refractivity contribution in [3.63, 3.8) is 0 Å². The van der Waals surface area contributed by atoms with Gasteiger partial charge in [0.05, 0.1) is 0 Å². The van der Waals surface area contributed by atoms with E-state index in [1.807, 2.05) is 0 Å². The van der Waals surface area contributed by atoms with Crippen LogP contribution in [0.4, 0.5) is 0 Å². The summed E-state index contributed by atoms with van der Waals surface area (Å²) >= 11 is 0. The van der Waals surface area contributed by atoms with Crippen LogP contribution in [0.1, 0.15) is 38.3 Å². The van der Waals surface area contributed by atoms with Gasteiger partial charge in [0.2, 0.25) is 0 Å². The van der Waals surface area contributed by atoms with Crippen LogP contribution in [0.3, 0.4) is 0 Å². The van der Waals surface area contributed by atoms with Crippen LogP contribution in [0.2, 0.25) is 0 Å². The summed E-state index contributed by atoms with van der Waals surface area (Å²) in [5, 5.41) is 3.73. The molecule has 2 aromatic rings. The Hall–Kier alpha value is -1.86. The number of benzene rings is 2. The molecule has 1 aliphatic rings. The van der Waals surface area contributed by atoms with Gasteiger partial charge in [-0.3, -0.25) is 0 Å². The summed E-state index contributed by atoms with van der Waals surface area (Å²) in [4.78, 5) is 0. The molecule has 0 unspecified atom stereocenters. The molecule has 22 heavy (non-hydrogen) atoms. The lowest BCUT2D eigenvalue weighted by molar-refractivity contribution is 0.371. The van der Waals surface area contributed by atoms with Crippen LogP contribution < -0.4 is 5.32 Å². The van der Waals surface area contributed by atoms with Crippen LogP contribution in [-0.2, 0) is 5.41 Å². The summed E-state index contributed by atoms with van der Waals surface area (Å²) in [6.45, 7) is 6.68. The molecule has 0 aromatic heterocycles. The van der Waals surface area contributed by atoms with Crippen LogP contribution in [0, 0.1) is 0 Å². The predicted octanol–water partition coefficient (Wildman–Crippen LogP) is 4.69. The molecule has 0 saturated carbocycles. The van der Waals surface area contributed by atoms with Crippen LogP contribution in [-0.4, -0.2) is 11.6 Å². The third-order valence-corrected chi connectivity index (χ3v) is 4.35. The first-order valence-corrected chi connectivity index (χ1v) is 8.08. The molecule has 3 rings (SSSR count). The molecular formula is C21H25N. The molecule has 1 heteroatoms. The molecule has 0 radical (unpaired) electrons. The van der Waals surface area contributed by atoms with Gasteiger partial charge in [-0.2, -0.15) is 0 Å². The summed E-state index contributed by atoms with van der Waals surface area (Å²) in [5.41, 5.74) is 2.84. The van der Waals surface area contributed by atoms with E-state index >= 15 is 0 Å². The Balaban J connectivity index is 1.99. The number of rotatable bonds is 3. The average Bonchev–Trinajstić information content (AvgIpc) is 2.92. The lowest BCUT2D eigenvalue weighted by Gasteiger charge is -2.32. The standard InChI is InChI=1S/C21H25N/c1-20(2,3)22-19-14-15-21(16-19,17-10-6-4-7-11-17)18-12-8-5-9-13-18/h4-15,19,22H,16H2,1-3H3/t19-/m1/s1. The molecule has 1 atom stereocenters. The van der Waals surface area contributed by atoms with Crippen molar-refractivity contribution in [3.8, 4) is 0 Å². The van der Waals surface area contributed by atoms with Gasteiger partial charge in [-0.15, -0.1) is 0 Å². The fourth-order valence-corrected chi connectivity index (χ4v) is 3.48. The van der Waals surface area contributed by atoms with E-state index in [2.05, 4.69) is 98.9 Å². The highest BCUT2D eigenvalue weighted by Gasteiger charge is 2.38. The zero-order chi connectivity index (χ0) is 15.6. The number of allylic oxidation sites excluding steroid dienone is 1. The Labute approximate surface area is 134 Å². The van der Waals surface area contributed by atoms with E-state index in [9.17, 15) is 0 Å². The largest absolute Gasteiger partial charge is 0.306 e. The minimum atomic E-state index is -0.0224. The predicted molar refractivity (Wildman–Crippen MR) is 94.1 cm³/mol. The SMILES string of the molecule is CC(C)(C)N[C@@H]1C=CC(c2ccccc2)(c2ccccc2)C1. The maximum Gasteiger partial charge on any atom is 0.0400 e. The van der Waals surface area contributed by atoms with Crippen LogP contribution >= 0.6 is 0 Å². The summed E-state index contributed by atoms with van der Waals surface area (Å²) in [6.07, 6.45) is 5.80. The molecule has 1 aliphatic carbocycles. The van der Waals surface area contributed by atoms with E-state index in [1.54, 1.807) is 0 Å².